The largest absolute Gasteiger partial charge is 0.399 e. The first-order valence-corrected chi connectivity index (χ1v) is 6.85. The van der Waals surface area contributed by atoms with E-state index in [0.29, 0.717) is 5.69 Å². The van der Waals surface area contributed by atoms with Gasteiger partial charge in [-0.25, -0.2) is 0 Å². The molecule has 1 amide bonds. The Morgan fingerprint density at radius 2 is 1.85 bits per heavy atom. The van der Waals surface area contributed by atoms with Gasteiger partial charge in [0.2, 0.25) is 5.91 Å². The number of hydrogen-bond acceptors (Lipinski definition) is 2. The van der Waals surface area contributed by atoms with E-state index in [1.807, 2.05) is 55.5 Å². The van der Waals surface area contributed by atoms with Gasteiger partial charge in [-0.1, -0.05) is 30.3 Å². The smallest absolute Gasteiger partial charge is 0.235 e. The number of nitrogens with two attached hydrogens (primary N) is 1. The summed E-state index contributed by atoms with van der Waals surface area (Å²) < 4.78 is 0. The Morgan fingerprint density at radius 1 is 1.15 bits per heavy atom. The number of rotatable bonds is 3. The maximum absolute atomic E-state index is 12.6. The van der Waals surface area contributed by atoms with Crippen molar-refractivity contribution in [2.75, 3.05) is 11.1 Å². The van der Waals surface area contributed by atoms with Crippen molar-refractivity contribution in [3.8, 4) is 0 Å². The Morgan fingerprint density at radius 3 is 2.45 bits per heavy atom. The topological polar surface area (TPSA) is 55.1 Å². The molecule has 0 aromatic heterocycles. The third kappa shape index (κ3) is 2.16. The highest BCUT2D eigenvalue weighted by atomic mass is 16.2. The molecule has 2 aromatic carbocycles. The van der Waals surface area contributed by atoms with Gasteiger partial charge in [0.1, 0.15) is 0 Å². The molecule has 2 aromatic rings. The molecule has 0 aliphatic heterocycles. The predicted molar refractivity (Wildman–Crippen MR) is 81.6 cm³/mol. The molecule has 3 N–H and O–H groups in total. The van der Waals surface area contributed by atoms with Crippen molar-refractivity contribution >= 4 is 17.3 Å². The Bertz CT molecular complexity index is 645. The van der Waals surface area contributed by atoms with Crippen molar-refractivity contribution < 1.29 is 4.79 Å². The van der Waals surface area contributed by atoms with E-state index in [1.54, 1.807) is 0 Å². The summed E-state index contributed by atoms with van der Waals surface area (Å²) in [7, 11) is 0. The summed E-state index contributed by atoms with van der Waals surface area (Å²) in [6.45, 7) is 1.95. The van der Waals surface area contributed by atoms with Crippen LogP contribution in [0.25, 0.3) is 0 Å². The minimum absolute atomic E-state index is 0.0802. The Balaban J connectivity index is 1.83. The van der Waals surface area contributed by atoms with Crippen molar-refractivity contribution in [1.82, 2.24) is 0 Å². The third-order valence-corrected chi connectivity index (χ3v) is 4.01. The molecular formula is C17H18N2O. The van der Waals surface area contributed by atoms with E-state index in [4.69, 9.17) is 5.73 Å². The fourth-order valence-corrected chi connectivity index (χ4v) is 2.60. The molecule has 1 aliphatic rings. The molecule has 0 bridgehead atoms. The van der Waals surface area contributed by atoms with Crippen molar-refractivity contribution in [3.05, 3.63) is 59.7 Å². The number of amides is 1. The van der Waals surface area contributed by atoms with Crippen LogP contribution in [-0.2, 0) is 10.2 Å². The van der Waals surface area contributed by atoms with Crippen LogP contribution in [0.5, 0.6) is 0 Å². The zero-order valence-corrected chi connectivity index (χ0v) is 11.5. The lowest BCUT2D eigenvalue weighted by molar-refractivity contribution is -0.118. The van der Waals surface area contributed by atoms with E-state index in [9.17, 15) is 4.79 Å². The van der Waals surface area contributed by atoms with E-state index >= 15 is 0 Å². The number of carbonyl (C=O) groups excluding carboxylic acids is 1. The van der Waals surface area contributed by atoms with Gasteiger partial charge in [-0.05, 0) is 49.1 Å². The number of carbonyl (C=O) groups is 1. The van der Waals surface area contributed by atoms with Gasteiger partial charge < -0.3 is 11.1 Å². The normalized spacial score (nSPS) is 15.7. The summed E-state index contributed by atoms with van der Waals surface area (Å²) in [5.41, 5.74) is 9.04. The summed E-state index contributed by atoms with van der Waals surface area (Å²) >= 11 is 0. The molecule has 1 saturated carbocycles. The monoisotopic (exact) mass is 266 g/mol. The Hall–Kier alpha value is -2.29. The first-order chi connectivity index (χ1) is 9.62. The number of anilines is 2. The number of hydrogen-bond donors (Lipinski definition) is 2. The van der Waals surface area contributed by atoms with Gasteiger partial charge >= 0.3 is 0 Å². The fraction of sp³-hybridized carbons (Fsp3) is 0.235. The van der Waals surface area contributed by atoms with Crippen LogP contribution in [0, 0.1) is 6.92 Å². The quantitative estimate of drug-likeness (QED) is 0.838. The minimum atomic E-state index is -0.338. The fourth-order valence-electron chi connectivity index (χ4n) is 2.60. The number of benzene rings is 2. The van der Waals surface area contributed by atoms with E-state index in [1.165, 1.54) is 0 Å². The standard InChI is InChI=1S/C17H18N2O/c1-12-11-14(18)7-8-15(12)19-16(20)17(9-10-17)13-5-3-2-4-6-13/h2-8,11H,9-10,18H2,1H3,(H,19,20). The van der Waals surface area contributed by atoms with Crippen molar-refractivity contribution in [2.45, 2.75) is 25.2 Å². The van der Waals surface area contributed by atoms with E-state index in [0.717, 1.165) is 29.7 Å². The van der Waals surface area contributed by atoms with Gasteiger partial charge in [0, 0.05) is 11.4 Å². The van der Waals surface area contributed by atoms with Crippen molar-refractivity contribution in [3.63, 3.8) is 0 Å². The molecule has 3 rings (SSSR count). The SMILES string of the molecule is Cc1cc(N)ccc1NC(=O)C1(c2ccccc2)CC1. The van der Waals surface area contributed by atoms with E-state index in [2.05, 4.69) is 5.32 Å². The highest BCUT2D eigenvalue weighted by Crippen LogP contribution is 2.49. The zero-order valence-electron chi connectivity index (χ0n) is 11.5. The lowest BCUT2D eigenvalue weighted by Crippen LogP contribution is -2.28. The lowest BCUT2D eigenvalue weighted by atomic mass is 9.95. The van der Waals surface area contributed by atoms with Gasteiger partial charge in [-0.15, -0.1) is 0 Å². The molecule has 1 aliphatic carbocycles. The van der Waals surface area contributed by atoms with Crippen LogP contribution >= 0.6 is 0 Å². The molecule has 102 valence electrons. The summed E-state index contributed by atoms with van der Waals surface area (Å²) in [6, 6.07) is 15.5. The molecule has 0 saturated heterocycles. The second-order valence-corrected chi connectivity index (χ2v) is 5.48. The molecule has 3 heteroatoms. The maximum atomic E-state index is 12.6. The molecule has 0 spiro atoms. The lowest BCUT2D eigenvalue weighted by Gasteiger charge is -2.17. The van der Waals surface area contributed by atoms with Crippen LogP contribution in [0.1, 0.15) is 24.0 Å². The van der Waals surface area contributed by atoms with Crippen molar-refractivity contribution in [1.29, 1.82) is 0 Å². The van der Waals surface area contributed by atoms with E-state index < -0.39 is 0 Å². The predicted octanol–water partition coefficient (Wildman–Crippen LogP) is 3.25. The molecule has 1 fully saturated rings. The zero-order chi connectivity index (χ0) is 14.2. The number of aryl methyl sites for hydroxylation is 1. The van der Waals surface area contributed by atoms with Crippen molar-refractivity contribution in [2.24, 2.45) is 0 Å². The highest BCUT2D eigenvalue weighted by Gasteiger charge is 2.51. The van der Waals surface area contributed by atoms with Gasteiger partial charge in [0.25, 0.3) is 0 Å². The number of nitrogen functional groups attached to an aromatic ring is 1. The molecular weight excluding hydrogens is 248 g/mol. The van der Waals surface area contributed by atoms with Crippen LogP contribution < -0.4 is 11.1 Å². The second kappa shape index (κ2) is 4.67. The minimum Gasteiger partial charge on any atom is -0.399 e. The molecule has 20 heavy (non-hydrogen) atoms. The van der Waals surface area contributed by atoms with Crippen LogP contribution in [0.15, 0.2) is 48.5 Å². The van der Waals surface area contributed by atoms with Crippen LogP contribution in [0.3, 0.4) is 0 Å². The van der Waals surface area contributed by atoms with Gasteiger partial charge in [0.15, 0.2) is 0 Å². The summed E-state index contributed by atoms with van der Waals surface area (Å²) in [6.07, 6.45) is 1.83. The molecule has 3 nitrogen and oxygen atoms in total. The summed E-state index contributed by atoms with van der Waals surface area (Å²) in [4.78, 5) is 12.6. The van der Waals surface area contributed by atoms with Crippen LogP contribution in [-0.4, -0.2) is 5.91 Å². The molecule has 0 radical (unpaired) electrons. The molecule has 0 atom stereocenters. The van der Waals surface area contributed by atoms with Gasteiger partial charge in [-0.2, -0.15) is 0 Å². The van der Waals surface area contributed by atoms with Gasteiger partial charge in [-0.3, -0.25) is 4.79 Å². The van der Waals surface area contributed by atoms with Crippen LogP contribution in [0.4, 0.5) is 11.4 Å². The average Bonchev–Trinajstić information content (AvgIpc) is 3.24. The Kier molecular flexibility index (Phi) is 2.97. The maximum Gasteiger partial charge on any atom is 0.235 e. The summed E-state index contributed by atoms with van der Waals surface area (Å²) in [5.74, 6) is 0.0802. The Labute approximate surface area is 118 Å². The summed E-state index contributed by atoms with van der Waals surface area (Å²) in [5, 5.41) is 3.04. The first kappa shape index (κ1) is 12.7. The number of nitrogens with one attached hydrogen (secondary N) is 1. The average molecular weight is 266 g/mol. The van der Waals surface area contributed by atoms with E-state index in [-0.39, 0.29) is 11.3 Å². The molecule has 0 unspecified atom stereocenters. The third-order valence-electron chi connectivity index (χ3n) is 4.01. The highest BCUT2D eigenvalue weighted by molar-refractivity contribution is 6.01. The van der Waals surface area contributed by atoms with Gasteiger partial charge in [0.05, 0.1) is 5.41 Å². The molecule has 0 heterocycles. The first-order valence-electron chi connectivity index (χ1n) is 6.85. The second-order valence-electron chi connectivity index (χ2n) is 5.48. The van der Waals surface area contributed by atoms with Crippen LogP contribution in [0.2, 0.25) is 0 Å².